The fourth-order valence-corrected chi connectivity index (χ4v) is 3.73. The lowest BCUT2D eigenvalue weighted by Gasteiger charge is -2.10. The Balaban J connectivity index is 1.47. The van der Waals surface area contributed by atoms with Gasteiger partial charge in [-0.2, -0.15) is 0 Å². The second-order valence-electron chi connectivity index (χ2n) is 5.56. The van der Waals surface area contributed by atoms with Gasteiger partial charge in [0, 0.05) is 18.1 Å². The van der Waals surface area contributed by atoms with E-state index < -0.39 is 11.0 Å². The Hall–Kier alpha value is -2.60. The molecule has 2 aromatic rings. The number of amides is 1. The zero-order chi connectivity index (χ0) is 16.5. The van der Waals surface area contributed by atoms with Crippen LogP contribution in [0.4, 0.5) is 0 Å². The van der Waals surface area contributed by atoms with Gasteiger partial charge in [-0.3, -0.25) is 9.52 Å². The molecule has 1 N–H and O–H groups in total. The van der Waals surface area contributed by atoms with Crippen molar-refractivity contribution in [1.82, 2.24) is 4.72 Å². The summed E-state index contributed by atoms with van der Waals surface area (Å²) in [6.07, 6.45) is 2.30. The van der Waals surface area contributed by atoms with Crippen molar-refractivity contribution in [3.63, 3.8) is 0 Å². The van der Waals surface area contributed by atoms with Gasteiger partial charge in [0.1, 0.15) is 18.1 Å². The van der Waals surface area contributed by atoms with Crippen molar-refractivity contribution in [2.45, 2.75) is 13.0 Å². The smallest absolute Gasteiger partial charge is 0.257 e. The van der Waals surface area contributed by atoms with E-state index in [-0.39, 0.29) is 5.91 Å². The topological polar surface area (TPSA) is 64.6 Å². The molecule has 0 spiro atoms. The Bertz CT molecular complexity index is 858. The summed E-state index contributed by atoms with van der Waals surface area (Å²) < 4.78 is 25.6. The fourth-order valence-electron chi connectivity index (χ4n) is 2.81. The van der Waals surface area contributed by atoms with Crippen molar-refractivity contribution >= 4 is 21.8 Å². The van der Waals surface area contributed by atoms with Gasteiger partial charge < -0.3 is 9.47 Å². The molecule has 1 unspecified atom stereocenters. The third-order valence-corrected chi connectivity index (χ3v) is 5.12. The predicted octanol–water partition coefficient (Wildman–Crippen LogP) is 2.33. The molecule has 122 valence electrons. The number of carbonyl (C=O) groups excluding carboxylic acids is 1. The van der Waals surface area contributed by atoms with Gasteiger partial charge in [-0.1, -0.05) is 30.3 Å². The summed E-state index contributed by atoms with van der Waals surface area (Å²) in [6, 6.07) is 13.3. The summed E-state index contributed by atoms with van der Waals surface area (Å²) in [5.74, 6) is 1.31. The zero-order valence-electron chi connectivity index (χ0n) is 12.8. The molecule has 0 aliphatic carbocycles. The average molecular weight is 341 g/mol. The molecule has 2 aliphatic rings. The molecule has 0 bridgehead atoms. The highest BCUT2D eigenvalue weighted by atomic mass is 32.2. The van der Waals surface area contributed by atoms with Gasteiger partial charge in [0.05, 0.1) is 11.5 Å². The first-order valence-corrected chi connectivity index (χ1v) is 8.76. The molecular weight excluding hydrogens is 326 g/mol. The van der Waals surface area contributed by atoms with Crippen molar-refractivity contribution < 1.29 is 18.5 Å². The number of ether oxygens (including phenoxy) is 2. The van der Waals surface area contributed by atoms with Crippen molar-refractivity contribution in [2.75, 3.05) is 6.61 Å². The summed E-state index contributed by atoms with van der Waals surface area (Å²) in [5.41, 5.74) is 2.99. The molecular formula is C18H15NO4S. The van der Waals surface area contributed by atoms with Gasteiger partial charge in [0.25, 0.3) is 5.91 Å². The summed E-state index contributed by atoms with van der Waals surface area (Å²) in [5, 5.41) is 0. The Labute approximate surface area is 141 Å². The number of hydrogen-bond donors (Lipinski definition) is 1. The molecule has 0 saturated heterocycles. The number of fused-ring (bicyclic) bond motifs is 1. The van der Waals surface area contributed by atoms with Crippen LogP contribution in [0.5, 0.6) is 11.5 Å². The van der Waals surface area contributed by atoms with Crippen molar-refractivity contribution in [3.8, 4) is 11.5 Å². The van der Waals surface area contributed by atoms with E-state index in [2.05, 4.69) is 10.8 Å². The molecule has 0 fully saturated rings. The maximum Gasteiger partial charge on any atom is 0.257 e. The van der Waals surface area contributed by atoms with Gasteiger partial charge >= 0.3 is 0 Å². The first-order valence-electron chi connectivity index (χ1n) is 7.61. The minimum Gasteiger partial charge on any atom is -0.493 e. The molecule has 0 radical (unpaired) electrons. The predicted molar refractivity (Wildman–Crippen MR) is 90.7 cm³/mol. The Kier molecular flexibility index (Phi) is 3.82. The summed E-state index contributed by atoms with van der Waals surface area (Å²) in [7, 11) is -1.48. The molecule has 2 aromatic carbocycles. The van der Waals surface area contributed by atoms with Crippen molar-refractivity contribution in [2.24, 2.45) is 0 Å². The van der Waals surface area contributed by atoms with E-state index in [4.69, 9.17) is 9.47 Å². The fraction of sp³-hybridized carbons (Fsp3) is 0.167. The first-order chi connectivity index (χ1) is 11.7. The molecule has 24 heavy (non-hydrogen) atoms. The van der Waals surface area contributed by atoms with Crippen LogP contribution in [-0.2, 0) is 28.8 Å². The highest BCUT2D eigenvalue weighted by Crippen LogP contribution is 2.30. The molecule has 0 saturated carbocycles. The van der Waals surface area contributed by atoms with Crippen LogP contribution in [0.2, 0.25) is 0 Å². The van der Waals surface area contributed by atoms with E-state index in [1.54, 1.807) is 24.3 Å². The van der Waals surface area contributed by atoms with Crippen LogP contribution >= 0.6 is 0 Å². The molecule has 4 rings (SSSR count). The largest absolute Gasteiger partial charge is 0.493 e. The lowest BCUT2D eigenvalue weighted by molar-refractivity contribution is -0.114. The highest BCUT2D eigenvalue weighted by Gasteiger charge is 2.21. The second kappa shape index (κ2) is 6.13. The third kappa shape index (κ3) is 2.80. The monoisotopic (exact) mass is 341 g/mol. The second-order valence-corrected chi connectivity index (χ2v) is 6.74. The molecule has 5 nitrogen and oxygen atoms in total. The van der Waals surface area contributed by atoms with E-state index >= 15 is 0 Å². The van der Waals surface area contributed by atoms with Gasteiger partial charge in [-0.15, -0.1) is 0 Å². The molecule has 2 heterocycles. The van der Waals surface area contributed by atoms with Crippen LogP contribution in [0.3, 0.4) is 0 Å². The minimum atomic E-state index is -1.48. The zero-order valence-corrected chi connectivity index (χ0v) is 13.6. The van der Waals surface area contributed by atoms with Gasteiger partial charge in [0.15, 0.2) is 11.0 Å². The minimum absolute atomic E-state index is 0.332. The Morgan fingerprint density at radius 3 is 2.75 bits per heavy atom. The van der Waals surface area contributed by atoms with E-state index in [9.17, 15) is 9.00 Å². The number of nitrogens with one attached hydrogen (secondary N) is 1. The first kappa shape index (κ1) is 15.0. The highest BCUT2D eigenvalue weighted by molar-refractivity contribution is 7.93. The molecule has 6 heteroatoms. The Morgan fingerprint density at radius 1 is 1.17 bits per heavy atom. The van der Waals surface area contributed by atoms with Crippen LogP contribution in [0.15, 0.2) is 48.5 Å². The van der Waals surface area contributed by atoms with E-state index in [1.165, 1.54) is 11.6 Å². The van der Waals surface area contributed by atoms with Crippen molar-refractivity contribution in [3.05, 3.63) is 65.2 Å². The van der Waals surface area contributed by atoms with Crippen LogP contribution < -0.4 is 14.2 Å². The van der Waals surface area contributed by atoms with Crippen LogP contribution in [-0.4, -0.2) is 16.7 Å². The lowest BCUT2D eigenvalue weighted by Crippen LogP contribution is -2.16. The lowest BCUT2D eigenvalue weighted by atomic mass is 10.1. The molecule has 0 aromatic heterocycles. The van der Waals surface area contributed by atoms with E-state index in [0.717, 1.165) is 29.9 Å². The van der Waals surface area contributed by atoms with Crippen LogP contribution in [0, 0.1) is 0 Å². The number of para-hydroxylation sites is 1. The summed E-state index contributed by atoms with van der Waals surface area (Å²) in [4.78, 5) is 11.7. The third-order valence-electron chi connectivity index (χ3n) is 3.98. The van der Waals surface area contributed by atoms with Gasteiger partial charge in [-0.25, -0.2) is 4.21 Å². The van der Waals surface area contributed by atoms with Crippen molar-refractivity contribution in [1.29, 1.82) is 0 Å². The Morgan fingerprint density at radius 2 is 2.00 bits per heavy atom. The molecule has 1 amide bonds. The maximum atomic E-state index is 11.8. The van der Waals surface area contributed by atoms with Gasteiger partial charge in [-0.05, 0) is 23.3 Å². The molecule has 1 atom stereocenters. The normalized spacial score (nSPS) is 18.6. The maximum absolute atomic E-state index is 11.8. The van der Waals surface area contributed by atoms with Crippen LogP contribution in [0.1, 0.15) is 16.7 Å². The van der Waals surface area contributed by atoms with E-state index in [1.807, 2.05) is 12.1 Å². The summed E-state index contributed by atoms with van der Waals surface area (Å²) >= 11 is 0. The number of rotatable bonds is 4. The van der Waals surface area contributed by atoms with Crippen LogP contribution in [0.25, 0.3) is 4.91 Å². The number of carbonyl (C=O) groups is 1. The quantitative estimate of drug-likeness (QED) is 0.927. The SMILES string of the molecule is O=C1C=C(c2ccc(OCc3cccc4c3OCC4)cc2)S(=O)N1. The average Bonchev–Trinajstić information content (AvgIpc) is 3.19. The number of benzene rings is 2. The summed E-state index contributed by atoms with van der Waals surface area (Å²) in [6.45, 7) is 1.15. The number of hydrogen-bond acceptors (Lipinski definition) is 4. The molecule has 2 aliphatic heterocycles. The van der Waals surface area contributed by atoms with Gasteiger partial charge in [0.2, 0.25) is 0 Å². The van der Waals surface area contributed by atoms with E-state index in [0.29, 0.717) is 17.3 Å². The standard InChI is InChI=1S/C18H15NO4S/c20-17-10-16(24(21)19-17)12-4-6-15(7-5-12)23-11-14-3-1-2-13-8-9-22-18(13)14/h1-7,10H,8-9,11H2,(H,19,20).